The average molecular weight is 329 g/mol. The Balaban J connectivity index is 2.85. The van der Waals surface area contributed by atoms with Crippen molar-refractivity contribution in [1.29, 1.82) is 0 Å². The molecule has 0 heterocycles. The Morgan fingerprint density at radius 3 is 2.58 bits per heavy atom. The predicted octanol–water partition coefficient (Wildman–Crippen LogP) is 3.20. The lowest BCUT2D eigenvalue weighted by atomic mass is 10.1. The van der Waals surface area contributed by atoms with Crippen molar-refractivity contribution in [3.63, 3.8) is 0 Å². The van der Waals surface area contributed by atoms with Gasteiger partial charge in [0.25, 0.3) is 11.6 Å². The minimum atomic E-state index is -0.492. The molecule has 1 aromatic rings. The molecule has 1 aromatic carbocycles. The molecular weight excluding hydrogens is 312 g/mol. The number of hydrogen-bond acceptors (Lipinski definition) is 3. The summed E-state index contributed by atoms with van der Waals surface area (Å²) in [6.45, 7) is 5.63. The number of aryl methyl sites for hydroxylation is 1. The molecule has 104 valence electrons. The van der Waals surface area contributed by atoms with Crippen LogP contribution in [0, 0.1) is 17.0 Å². The van der Waals surface area contributed by atoms with Gasteiger partial charge in [-0.2, -0.15) is 0 Å². The first-order valence-electron chi connectivity index (χ1n) is 6.00. The molecule has 0 saturated carbocycles. The number of nitro groups is 1. The Hall–Kier alpha value is -1.43. The van der Waals surface area contributed by atoms with E-state index in [1.807, 2.05) is 13.8 Å². The van der Waals surface area contributed by atoms with Gasteiger partial charge in [0.2, 0.25) is 0 Å². The van der Waals surface area contributed by atoms with Crippen molar-refractivity contribution in [2.45, 2.75) is 38.1 Å². The number of benzene rings is 1. The van der Waals surface area contributed by atoms with E-state index < -0.39 is 4.92 Å². The highest BCUT2D eigenvalue weighted by Gasteiger charge is 2.15. The van der Waals surface area contributed by atoms with Crippen LogP contribution in [-0.4, -0.2) is 21.7 Å². The Morgan fingerprint density at radius 2 is 2.05 bits per heavy atom. The second-order valence-electron chi connectivity index (χ2n) is 4.71. The van der Waals surface area contributed by atoms with Gasteiger partial charge in [0, 0.05) is 28.6 Å². The van der Waals surface area contributed by atoms with Crippen molar-refractivity contribution in [1.82, 2.24) is 5.32 Å². The van der Waals surface area contributed by atoms with Crippen LogP contribution in [0.5, 0.6) is 0 Å². The molecule has 0 bridgehead atoms. The Morgan fingerprint density at radius 1 is 1.42 bits per heavy atom. The standard InChI is InChI=1S/C13H17BrN2O3/c1-8-4-11(7-12(5-8)16(18)19)13(17)15-10(3)6-9(2)14/h4-5,7,9-10H,6H2,1-3H3,(H,15,17). The first-order chi connectivity index (χ1) is 8.79. The van der Waals surface area contributed by atoms with Gasteiger partial charge in [-0.3, -0.25) is 14.9 Å². The number of non-ortho nitro benzene ring substituents is 1. The molecule has 0 aliphatic heterocycles. The molecule has 1 N–H and O–H groups in total. The molecule has 1 amide bonds. The lowest BCUT2D eigenvalue weighted by Crippen LogP contribution is -2.33. The Bertz CT molecular complexity index is 489. The molecule has 2 atom stereocenters. The van der Waals surface area contributed by atoms with Gasteiger partial charge in [-0.25, -0.2) is 0 Å². The zero-order chi connectivity index (χ0) is 14.6. The fourth-order valence-corrected chi connectivity index (χ4v) is 2.41. The van der Waals surface area contributed by atoms with E-state index in [9.17, 15) is 14.9 Å². The van der Waals surface area contributed by atoms with E-state index in [0.717, 1.165) is 6.42 Å². The number of nitrogens with zero attached hydrogens (tertiary/aromatic N) is 1. The fraction of sp³-hybridized carbons (Fsp3) is 0.462. The van der Waals surface area contributed by atoms with E-state index in [2.05, 4.69) is 21.2 Å². The highest BCUT2D eigenvalue weighted by molar-refractivity contribution is 9.09. The molecule has 0 aliphatic carbocycles. The molecular formula is C13H17BrN2O3. The number of hydrogen-bond donors (Lipinski definition) is 1. The van der Waals surface area contributed by atoms with Crippen molar-refractivity contribution in [2.24, 2.45) is 0 Å². The van der Waals surface area contributed by atoms with E-state index in [1.165, 1.54) is 12.1 Å². The quantitative estimate of drug-likeness (QED) is 0.512. The first-order valence-corrected chi connectivity index (χ1v) is 6.92. The monoisotopic (exact) mass is 328 g/mol. The summed E-state index contributed by atoms with van der Waals surface area (Å²) in [7, 11) is 0. The summed E-state index contributed by atoms with van der Waals surface area (Å²) >= 11 is 3.42. The molecule has 0 aliphatic rings. The molecule has 2 unspecified atom stereocenters. The van der Waals surface area contributed by atoms with Crippen LogP contribution >= 0.6 is 15.9 Å². The second kappa shape index (κ2) is 6.65. The van der Waals surface area contributed by atoms with Crippen LogP contribution in [0.2, 0.25) is 0 Å². The molecule has 0 saturated heterocycles. The number of nitro benzene ring substituents is 1. The zero-order valence-electron chi connectivity index (χ0n) is 11.1. The van der Waals surface area contributed by atoms with E-state index in [-0.39, 0.29) is 17.6 Å². The molecule has 0 fully saturated rings. The first kappa shape index (κ1) is 15.6. The summed E-state index contributed by atoms with van der Waals surface area (Å²) in [5.41, 5.74) is 0.952. The molecule has 0 radical (unpaired) electrons. The summed E-state index contributed by atoms with van der Waals surface area (Å²) in [5.74, 6) is -0.285. The lowest BCUT2D eigenvalue weighted by Gasteiger charge is -2.15. The van der Waals surface area contributed by atoms with Crippen molar-refractivity contribution in [2.75, 3.05) is 0 Å². The fourth-order valence-electron chi connectivity index (χ4n) is 1.85. The molecule has 1 rings (SSSR count). The van der Waals surface area contributed by atoms with E-state index in [4.69, 9.17) is 0 Å². The third-order valence-electron chi connectivity index (χ3n) is 2.59. The predicted molar refractivity (Wildman–Crippen MR) is 77.8 cm³/mol. The van der Waals surface area contributed by atoms with E-state index in [0.29, 0.717) is 16.0 Å². The highest BCUT2D eigenvalue weighted by Crippen LogP contribution is 2.17. The highest BCUT2D eigenvalue weighted by atomic mass is 79.9. The van der Waals surface area contributed by atoms with Gasteiger partial charge in [0.1, 0.15) is 0 Å². The maximum absolute atomic E-state index is 12.0. The number of alkyl halides is 1. The largest absolute Gasteiger partial charge is 0.350 e. The number of carbonyl (C=O) groups excluding carboxylic acids is 1. The van der Waals surface area contributed by atoms with Crippen molar-refractivity contribution in [3.8, 4) is 0 Å². The molecule has 19 heavy (non-hydrogen) atoms. The van der Waals surface area contributed by atoms with Crippen LogP contribution in [0.25, 0.3) is 0 Å². The zero-order valence-corrected chi connectivity index (χ0v) is 12.7. The summed E-state index contributed by atoms with van der Waals surface area (Å²) in [4.78, 5) is 22.6. The number of carbonyl (C=O) groups is 1. The number of nitrogens with one attached hydrogen (secondary N) is 1. The summed E-state index contributed by atoms with van der Waals surface area (Å²) < 4.78 is 0. The van der Waals surface area contributed by atoms with Crippen LogP contribution < -0.4 is 5.32 Å². The smallest absolute Gasteiger partial charge is 0.270 e. The molecule has 6 heteroatoms. The van der Waals surface area contributed by atoms with Crippen LogP contribution in [0.4, 0.5) is 5.69 Å². The van der Waals surface area contributed by atoms with Crippen molar-refractivity contribution >= 4 is 27.5 Å². The minimum absolute atomic E-state index is 0.00134. The number of amides is 1. The Labute approximate surface area is 120 Å². The van der Waals surface area contributed by atoms with Crippen LogP contribution in [0.15, 0.2) is 18.2 Å². The average Bonchev–Trinajstić information content (AvgIpc) is 2.26. The Kier molecular flexibility index (Phi) is 5.47. The second-order valence-corrected chi connectivity index (χ2v) is 6.27. The summed E-state index contributed by atoms with van der Waals surface area (Å²) in [6.07, 6.45) is 0.791. The van der Waals surface area contributed by atoms with E-state index >= 15 is 0 Å². The summed E-state index contributed by atoms with van der Waals surface area (Å²) in [6, 6.07) is 4.39. The van der Waals surface area contributed by atoms with Gasteiger partial charge in [-0.1, -0.05) is 22.9 Å². The topological polar surface area (TPSA) is 72.2 Å². The van der Waals surface area contributed by atoms with Crippen LogP contribution in [0.1, 0.15) is 36.2 Å². The third-order valence-corrected chi connectivity index (χ3v) is 2.96. The van der Waals surface area contributed by atoms with Crippen molar-refractivity contribution < 1.29 is 9.72 Å². The molecule has 0 aromatic heterocycles. The number of rotatable bonds is 5. The van der Waals surface area contributed by atoms with Gasteiger partial charge < -0.3 is 5.32 Å². The minimum Gasteiger partial charge on any atom is -0.350 e. The molecule has 5 nitrogen and oxygen atoms in total. The van der Waals surface area contributed by atoms with Gasteiger partial charge in [0.15, 0.2) is 0 Å². The van der Waals surface area contributed by atoms with Crippen LogP contribution in [-0.2, 0) is 0 Å². The normalized spacial score (nSPS) is 13.7. The summed E-state index contributed by atoms with van der Waals surface area (Å²) in [5, 5.41) is 13.6. The van der Waals surface area contributed by atoms with Gasteiger partial charge >= 0.3 is 0 Å². The molecule has 0 spiro atoms. The third kappa shape index (κ3) is 4.98. The van der Waals surface area contributed by atoms with Crippen molar-refractivity contribution in [3.05, 3.63) is 39.4 Å². The van der Waals surface area contributed by atoms with Crippen LogP contribution in [0.3, 0.4) is 0 Å². The van der Waals surface area contributed by atoms with Gasteiger partial charge in [0.05, 0.1) is 4.92 Å². The van der Waals surface area contributed by atoms with E-state index in [1.54, 1.807) is 13.0 Å². The van der Waals surface area contributed by atoms with Gasteiger partial charge in [-0.05, 0) is 31.9 Å². The number of halogens is 1. The SMILES string of the molecule is Cc1cc(C(=O)NC(C)CC(C)Br)cc([N+](=O)[O-])c1. The maximum Gasteiger partial charge on any atom is 0.270 e. The lowest BCUT2D eigenvalue weighted by molar-refractivity contribution is -0.384. The maximum atomic E-state index is 12.0. The van der Waals surface area contributed by atoms with Gasteiger partial charge in [-0.15, -0.1) is 0 Å².